The van der Waals surface area contributed by atoms with E-state index in [1.165, 1.54) is 12.1 Å². The molecule has 0 aliphatic carbocycles. The highest BCUT2D eigenvalue weighted by Crippen LogP contribution is 2.25. The van der Waals surface area contributed by atoms with Gasteiger partial charge >= 0.3 is 0 Å². The van der Waals surface area contributed by atoms with Gasteiger partial charge in [-0.2, -0.15) is 0 Å². The third kappa shape index (κ3) is 6.37. The van der Waals surface area contributed by atoms with Crippen molar-refractivity contribution in [2.75, 3.05) is 57.8 Å². The first-order valence-electron chi connectivity index (χ1n) is 8.56. The molecule has 1 heterocycles. The van der Waals surface area contributed by atoms with Crippen molar-refractivity contribution < 1.29 is 18.0 Å². The summed E-state index contributed by atoms with van der Waals surface area (Å²) < 4.78 is 25.2. The van der Waals surface area contributed by atoms with E-state index in [2.05, 4.69) is 4.72 Å². The average molecular weight is 417 g/mol. The molecule has 10 heteroatoms. The van der Waals surface area contributed by atoms with Gasteiger partial charge in [-0.1, -0.05) is 11.6 Å². The van der Waals surface area contributed by atoms with Crippen LogP contribution in [-0.2, 0) is 14.8 Å². The summed E-state index contributed by atoms with van der Waals surface area (Å²) in [5, 5.41) is 0.223. The third-order valence-corrected chi connectivity index (χ3v) is 5.16. The lowest BCUT2D eigenvalue weighted by Gasteiger charge is -2.23. The second-order valence-corrected chi connectivity index (χ2v) is 8.93. The van der Waals surface area contributed by atoms with Crippen LogP contribution >= 0.6 is 11.6 Å². The Morgan fingerprint density at radius 1 is 1.19 bits per heavy atom. The topological polar surface area (TPSA) is 90.0 Å². The number of rotatable bonds is 5. The maximum absolute atomic E-state index is 12.8. The molecule has 1 fully saturated rings. The molecule has 27 heavy (non-hydrogen) atoms. The number of anilines is 1. The van der Waals surface area contributed by atoms with E-state index in [1.54, 1.807) is 30.0 Å². The highest BCUT2D eigenvalue weighted by Gasteiger charge is 2.22. The summed E-state index contributed by atoms with van der Waals surface area (Å²) in [4.78, 5) is 30.0. The number of hydrogen-bond acceptors (Lipinski definition) is 5. The molecule has 1 aliphatic rings. The fraction of sp³-hybridized carbons (Fsp3) is 0.529. The van der Waals surface area contributed by atoms with Crippen molar-refractivity contribution in [3.05, 3.63) is 28.8 Å². The van der Waals surface area contributed by atoms with Gasteiger partial charge < -0.3 is 9.80 Å². The maximum atomic E-state index is 12.8. The summed E-state index contributed by atoms with van der Waals surface area (Å²) >= 11 is 6.02. The Balaban J connectivity index is 2.07. The highest BCUT2D eigenvalue weighted by atomic mass is 35.5. The number of halogens is 1. The number of likely N-dealkylation sites (N-methyl/N-ethyl adjacent to an activating group) is 1. The van der Waals surface area contributed by atoms with Crippen LogP contribution in [0.15, 0.2) is 18.2 Å². The molecule has 0 bridgehead atoms. The number of amides is 2. The molecule has 1 aliphatic heterocycles. The van der Waals surface area contributed by atoms with E-state index >= 15 is 0 Å². The fourth-order valence-corrected chi connectivity index (χ4v) is 3.57. The van der Waals surface area contributed by atoms with Crippen LogP contribution in [0.4, 0.5) is 5.69 Å². The van der Waals surface area contributed by atoms with E-state index in [4.69, 9.17) is 11.6 Å². The van der Waals surface area contributed by atoms with Crippen molar-refractivity contribution in [2.45, 2.75) is 6.42 Å². The molecule has 0 unspecified atom stereocenters. The van der Waals surface area contributed by atoms with Crippen LogP contribution in [0.3, 0.4) is 0 Å². The Hall–Kier alpha value is -1.84. The lowest BCUT2D eigenvalue weighted by molar-refractivity contribution is -0.129. The molecule has 1 saturated heterocycles. The minimum atomic E-state index is -3.50. The predicted molar refractivity (Wildman–Crippen MR) is 106 cm³/mol. The molecule has 0 atom stereocenters. The van der Waals surface area contributed by atoms with Crippen LogP contribution in [0.5, 0.6) is 0 Å². The second kappa shape index (κ2) is 8.90. The van der Waals surface area contributed by atoms with Crippen LogP contribution in [-0.4, -0.2) is 88.0 Å². The number of sulfonamides is 1. The Labute approximate surface area is 165 Å². The maximum Gasteiger partial charge on any atom is 0.253 e. The van der Waals surface area contributed by atoms with Crippen molar-refractivity contribution in [1.29, 1.82) is 0 Å². The predicted octanol–water partition coefficient (Wildman–Crippen LogP) is 0.948. The van der Waals surface area contributed by atoms with Gasteiger partial charge in [0.1, 0.15) is 0 Å². The lowest BCUT2D eigenvalue weighted by atomic mass is 10.1. The van der Waals surface area contributed by atoms with Crippen molar-refractivity contribution >= 4 is 39.1 Å². The van der Waals surface area contributed by atoms with E-state index in [9.17, 15) is 18.0 Å². The first kappa shape index (κ1) is 21.5. The summed E-state index contributed by atoms with van der Waals surface area (Å²) in [6, 6.07) is 4.53. The van der Waals surface area contributed by atoms with Gasteiger partial charge in [0.25, 0.3) is 5.91 Å². The SMILES string of the molecule is CN(C)C(=O)CN1CCCN(C(=O)c2ccc(Cl)c(NS(C)(=O)=O)c2)CC1. The van der Waals surface area contributed by atoms with Crippen LogP contribution in [0.2, 0.25) is 5.02 Å². The van der Waals surface area contributed by atoms with Gasteiger partial charge in [0.05, 0.1) is 23.5 Å². The number of benzene rings is 1. The van der Waals surface area contributed by atoms with Gasteiger partial charge in [0.15, 0.2) is 0 Å². The summed E-state index contributed by atoms with van der Waals surface area (Å²) in [7, 11) is -0.0589. The number of nitrogens with one attached hydrogen (secondary N) is 1. The number of carbonyl (C=O) groups excluding carboxylic acids is 2. The molecular weight excluding hydrogens is 392 g/mol. The summed E-state index contributed by atoms with van der Waals surface area (Å²) in [6.45, 7) is 2.75. The van der Waals surface area contributed by atoms with E-state index in [0.29, 0.717) is 31.7 Å². The van der Waals surface area contributed by atoms with Gasteiger partial charge in [-0.3, -0.25) is 19.2 Å². The van der Waals surface area contributed by atoms with Crippen molar-refractivity contribution in [3.8, 4) is 0 Å². The highest BCUT2D eigenvalue weighted by molar-refractivity contribution is 7.92. The zero-order chi connectivity index (χ0) is 20.2. The largest absolute Gasteiger partial charge is 0.348 e. The van der Waals surface area contributed by atoms with Gasteiger partial charge in [-0.05, 0) is 24.6 Å². The number of carbonyl (C=O) groups is 2. The van der Waals surface area contributed by atoms with Crippen LogP contribution in [0, 0.1) is 0 Å². The molecule has 2 rings (SSSR count). The van der Waals surface area contributed by atoms with Gasteiger partial charge in [0.2, 0.25) is 15.9 Å². The molecule has 150 valence electrons. The average Bonchev–Trinajstić information content (AvgIpc) is 2.80. The zero-order valence-electron chi connectivity index (χ0n) is 15.7. The molecule has 1 aromatic carbocycles. The molecule has 0 radical (unpaired) electrons. The smallest absolute Gasteiger partial charge is 0.253 e. The second-order valence-electron chi connectivity index (χ2n) is 6.78. The minimum Gasteiger partial charge on any atom is -0.348 e. The van der Waals surface area contributed by atoms with E-state index in [0.717, 1.165) is 19.2 Å². The van der Waals surface area contributed by atoms with Gasteiger partial charge in [-0.15, -0.1) is 0 Å². The Morgan fingerprint density at radius 2 is 1.89 bits per heavy atom. The number of nitrogens with zero attached hydrogens (tertiary/aromatic N) is 3. The molecule has 1 aromatic rings. The van der Waals surface area contributed by atoms with E-state index < -0.39 is 10.0 Å². The van der Waals surface area contributed by atoms with Crippen LogP contribution < -0.4 is 4.72 Å². The Morgan fingerprint density at radius 3 is 2.52 bits per heavy atom. The minimum absolute atomic E-state index is 0.0315. The standard InChI is InChI=1S/C17H25ClN4O4S/c1-20(2)16(23)12-21-7-4-8-22(10-9-21)17(24)13-5-6-14(18)15(11-13)19-27(3,25)26/h5-6,11,19H,4,7-10,12H2,1-3H3. The summed E-state index contributed by atoms with van der Waals surface area (Å²) in [5.74, 6) is -0.159. The van der Waals surface area contributed by atoms with Crippen LogP contribution in [0.25, 0.3) is 0 Å². The molecule has 2 amide bonds. The van der Waals surface area contributed by atoms with Crippen molar-refractivity contribution in [2.24, 2.45) is 0 Å². The lowest BCUT2D eigenvalue weighted by Crippen LogP contribution is -2.39. The molecular formula is C17H25ClN4O4S. The van der Waals surface area contributed by atoms with Crippen molar-refractivity contribution in [3.63, 3.8) is 0 Å². The van der Waals surface area contributed by atoms with Gasteiger partial charge in [-0.25, -0.2) is 8.42 Å². The molecule has 0 spiro atoms. The van der Waals surface area contributed by atoms with Crippen LogP contribution in [0.1, 0.15) is 16.8 Å². The monoisotopic (exact) mass is 416 g/mol. The summed E-state index contributed by atoms with van der Waals surface area (Å²) in [5.41, 5.74) is 0.543. The number of hydrogen-bond donors (Lipinski definition) is 1. The zero-order valence-corrected chi connectivity index (χ0v) is 17.3. The Bertz CT molecular complexity index is 813. The molecule has 1 N–H and O–H groups in total. The molecule has 8 nitrogen and oxygen atoms in total. The third-order valence-electron chi connectivity index (χ3n) is 4.24. The van der Waals surface area contributed by atoms with Gasteiger partial charge in [0, 0.05) is 45.8 Å². The molecule has 0 saturated carbocycles. The quantitative estimate of drug-likeness (QED) is 0.771. The van der Waals surface area contributed by atoms with Crippen molar-refractivity contribution in [1.82, 2.24) is 14.7 Å². The summed E-state index contributed by atoms with van der Waals surface area (Å²) in [6.07, 6.45) is 1.78. The fourth-order valence-electron chi connectivity index (χ4n) is 2.78. The van der Waals surface area contributed by atoms with E-state index in [-0.39, 0.29) is 22.5 Å². The first-order valence-corrected chi connectivity index (χ1v) is 10.8. The van der Waals surface area contributed by atoms with E-state index in [1.807, 2.05) is 4.90 Å². The Kier molecular flexibility index (Phi) is 7.07. The molecule has 0 aromatic heterocycles. The normalized spacial score (nSPS) is 15.9. The first-order chi connectivity index (χ1) is 12.6.